The predicted molar refractivity (Wildman–Crippen MR) is 88.9 cm³/mol. The van der Waals surface area contributed by atoms with Crippen LogP contribution < -0.4 is 4.74 Å². The molecule has 0 aliphatic rings. The summed E-state index contributed by atoms with van der Waals surface area (Å²) >= 11 is 6.39. The summed E-state index contributed by atoms with van der Waals surface area (Å²) in [5, 5.41) is 0.721. The van der Waals surface area contributed by atoms with E-state index in [0.29, 0.717) is 0 Å². The fourth-order valence-electron chi connectivity index (χ4n) is 2.41. The number of rotatable bonds is 3. The van der Waals surface area contributed by atoms with Crippen LogP contribution in [0.3, 0.4) is 0 Å². The van der Waals surface area contributed by atoms with E-state index < -0.39 is 0 Å². The number of hydrogen-bond donors (Lipinski definition) is 0. The van der Waals surface area contributed by atoms with E-state index >= 15 is 0 Å². The van der Waals surface area contributed by atoms with Gasteiger partial charge in [-0.25, -0.2) is 0 Å². The van der Waals surface area contributed by atoms with E-state index in [1.54, 1.807) is 7.11 Å². The van der Waals surface area contributed by atoms with E-state index in [1.807, 2.05) is 54.6 Å². The Morgan fingerprint density at radius 1 is 0.714 bits per heavy atom. The topological polar surface area (TPSA) is 9.23 Å². The molecule has 0 saturated heterocycles. The van der Waals surface area contributed by atoms with Crippen LogP contribution in [0, 0.1) is 0 Å². The summed E-state index contributed by atoms with van der Waals surface area (Å²) in [5.74, 6) is 0.824. The van der Waals surface area contributed by atoms with Crippen LogP contribution in [0.5, 0.6) is 5.75 Å². The minimum atomic E-state index is 0.721. The second-order valence-corrected chi connectivity index (χ2v) is 5.17. The standard InChI is InChI=1S/C19H15ClO/c1-21-19-10-6-5-9-16(19)17-13-15(11-12-18(17)20)14-7-3-2-4-8-14/h2-13H,1H3. The summed E-state index contributed by atoms with van der Waals surface area (Å²) in [5.41, 5.74) is 4.30. The Labute approximate surface area is 129 Å². The summed E-state index contributed by atoms with van der Waals surface area (Å²) in [6.07, 6.45) is 0. The first-order chi connectivity index (χ1) is 10.3. The van der Waals surface area contributed by atoms with Gasteiger partial charge in [-0.05, 0) is 29.3 Å². The van der Waals surface area contributed by atoms with Gasteiger partial charge >= 0.3 is 0 Å². The molecule has 0 saturated carbocycles. The molecular formula is C19H15ClO. The average Bonchev–Trinajstić information content (AvgIpc) is 2.56. The van der Waals surface area contributed by atoms with E-state index in [4.69, 9.17) is 16.3 Å². The van der Waals surface area contributed by atoms with E-state index in [0.717, 1.165) is 27.5 Å². The van der Waals surface area contributed by atoms with E-state index in [1.165, 1.54) is 5.56 Å². The molecule has 0 atom stereocenters. The monoisotopic (exact) mass is 294 g/mol. The van der Waals surface area contributed by atoms with Gasteiger partial charge in [0.05, 0.1) is 7.11 Å². The van der Waals surface area contributed by atoms with Crippen molar-refractivity contribution in [2.75, 3.05) is 7.11 Å². The molecule has 0 bridgehead atoms. The van der Waals surface area contributed by atoms with Crippen LogP contribution in [0.2, 0.25) is 5.02 Å². The highest BCUT2D eigenvalue weighted by Crippen LogP contribution is 2.37. The Morgan fingerprint density at radius 2 is 1.43 bits per heavy atom. The molecule has 0 aromatic heterocycles. The van der Waals surface area contributed by atoms with Crippen molar-refractivity contribution in [2.45, 2.75) is 0 Å². The molecule has 0 radical (unpaired) electrons. The zero-order valence-corrected chi connectivity index (χ0v) is 12.5. The van der Waals surface area contributed by atoms with Crippen molar-refractivity contribution in [2.24, 2.45) is 0 Å². The van der Waals surface area contributed by atoms with Gasteiger partial charge in [-0.1, -0.05) is 66.2 Å². The molecule has 3 aromatic carbocycles. The van der Waals surface area contributed by atoms with Crippen molar-refractivity contribution >= 4 is 11.6 Å². The maximum Gasteiger partial charge on any atom is 0.126 e. The summed E-state index contributed by atoms with van der Waals surface area (Å²) in [6, 6.07) is 24.3. The van der Waals surface area contributed by atoms with E-state index in [9.17, 15) is 0 Å². The molecule has 0 aliphatic carbocycles. The quantitative estimate of drug-likeness (QED) is 0.603. The third-order valence-electron chi connectivity index (χ3n) is 3.47. The molecule has 0 fully saturated rings. The average molecular weight is 295 g/mol. The number of benzene rings is 3. The lowest BCUT2D eigenvalue weighted by molar-refractivity contribution is 0.416. The Morgan fingerprint density at radius 3 is 2.19 bits per heavy atom. The number of para-hydroxylation sites is 1. The first-order valence-corrected chi connectivity index (χ1v) is 7.16. The minimum absolute atomic E-state index is 0.721. The fraction of sp³-hybridized carbons (Fsp3) is 0.0526. The highest BCUT2D eigenvalue weighted by Gasteiger charge is 2.10. The SMILES string of the molecule is COc1ccccc1-c1cc(-c2ccccc2)ccc1Cl. The first-order valence-electron chi connectivity index (χ1n) is 6.78. The highest BCUT2D eigenvalue weighted by atomic mass is 35.5. The fourth-order valence-corrected chi connectivity index (χ4v) is 2.63. The molecule has 21 heavy (non-hydrogen) atoms. The van der Waals surface area contributed by atoms with Crippen LogP contribution in [-0.4, -0.2) is 7.11 Å². The molecule has 0 spiro atoms. The van der Waals surface area contributed by atoms with Gasteiger partial charge in [0.15, 0.2) is 0 Å². The van der Waals surface area contributed by atoms with Crippen molar-refractivity contribution in [1.29, 1.82) is 0 Å². The van der Waals surface area contributed by atoms with Crippen molar-refractivity contribution in [3.63, 3.8) is 0 Å². The molecule has 104 valence electrons. The molecule has 0 N–H and O–H groups in total. The van der Waals surface area contributed by atoms with E-state index in [-0.39, 0.29) is 0 Å². The summed E-state index contributed by atoms with van der Waals surface area (Å²) in [7, 11) is 1.67. The lowest BCUT2D eigenvalue weighted by Gasteiger charge is -2.12. The number of ether oxygens (including phenoxy) is 1. The molecule has 2 heteroatoms. The maximum absolute atomic E-state index is 6.39. The van der Waals surface area contributed by atoms with Crippen LogP contribution in [0.4, 0.5) is 0 Å². The zero-order valence-electron chi connectivity index (χ0n) is 11.7. The molecule has 0 aliphatic heterocycles. The largest absolute Gasteiger partial charge is 0.496 e. The molecule has 0 heterocycles. The molecule has 0 amide bonds. The van der Waals surface area contributed by atoms with Gasteiger partial charge in [0.25, 0.3) is 0 Å². The van der Waals surface area contributed by atoms with Crippen molar-refractivity contribution in [1.82, 2.24) is 0 Å². The third kappa shape index (κ3) is 2.79. The van der Waals surface area contributed by atoms with Crippen LogP contribution in [0.1, 0.15) is 0 Å². The van der Waals surface area contributed by atoms with Gasteiger partial charge in [-0.15, -0.1) is 0 Å². The van der Waals surface area contributed by atoms with Gasteiger partial charge < -0.3 is 4.74 Å². The van der Waals surface area contributed by atoms with Gasteiger partial charge in [-0.2, -0.15) is 0 Å². The molecule has 0 unspecified atom stereocenters. The Hall–Kier alpha value is -2.25. The minimum Gasteiger partial charge on any atom is -0.496 e. The van der Waals surface area contributed by atoms with Gasteiger partial charge in [0.1, 0.15) is 5.75 Å². The molecular weight excluding hydrogens is 280 g/mol. The Bertz CT molecular complexity index is 751. The zero-order chi connectivity index (χ0) is 14.7. The first kappa shape index (κ1) is 13.7. The molecule has 3 aromatic rings. The highest BCUT2D eigenvalue weighted by molar-refractivity contribution is 6.33. The number of halogens is 1. The van der Waals surface area contributed by atoms with Crippen molar-refractivity contribution < 1.29 is 4.74 Å². The smallest absolute Gasteiger partial charge is 0.126 e. The summed E-state index contributed by atoms with van der Waals surface area (Å²) in [6.45, 7) is 0. The van der Waals surface area contributed by atoms with Gasteiger partial charge in [-0.3, -0.25) is 0 Å². The Kier molecular flexibility index (Phi) is 3.94. The second-order valence-electron chi connectivity index (χ2n) is 4.76. The molecule has 1 nitrogen and oxygen atoms in total. The van der Waals surface area contributed by atoms with Gasteiger partial charge in [0.2, 0.25) is 0 Å². The van der Waals surface area contributed by atoms with E-state index in [2.05, 4.69) is 18.2 Å². The normalized spacial score (nSPS) is 10.4. The van der Waals surface area contributed by atoms with Crippen LogP contribution in [0.15, 0.2) is 72.8 Å². The van der Waals surface area contributed by atoms with Gasteiger partial charge in [0, 0.05) is 16.1 Å². The second kappa shape index (κ2) is 6.02. The lowest BCUT2D eigenvalue weighted by Crippen LogP contribution is -1.89. The lowest BCUT2D eigenvalue weighted by atomic mass is 9.98. The van der Waals surface area contributed by atoms with Crippen LogP contribution in [0.25, 0.3) is 22.3 Å². The van der Waals surface area contributed by atoms with Crippen molar-refractivity contribution in [3.05, 3.63) is 77.8 Å². The Balaban J connectivity index is 2.15. The third-order valence-corrected chi connectivity index (χ3v) is 3.80. The summed E-state index contributed by atoms with van der Waals surface area (Å²) in [4.78, 5) is 0. The van der Waals surface area contributed by atoms with Crippen molar-refractivity contribution in [3.8, 4) is 28.0 Å². The number of hydrogen-bond acceptors (Lipinski definition) is 1. The predicted octanol–water partition coefficient (Wildman–Crippen LogP) is 5.68. The maximum atomic E-state index is 6.39. The molecule has 3 rings (SSSR count). The van der Waals surface area contributed by atoms with Crippen LogP contribution in [-0.2, 0) is 0 Å². The number of methoxy groups -OCH3 is 1. The van der Waals surface area contributed by atoms with Crippen LogP contribution >= 0.6 is 11.6 Å². The summed E-state index contributed by atoms with van der Waals surface area (Å²) < 4.78 is 5.44.